The average Bonchev–Trinajstić information content (AvgIpc) is 2.64. The molecule has 0 saturated heterocycles. The number of aromatic nitrogens is 1. The molecular formula is C20H25N3O2S. The van der Waals surface area contributed by atoms with Crippen molar-refractivity contribution < 1.29 is 9.53 Å². The highest BCUT2D eigenvalue weighted by Gasteiger charge is 2.10. The molecule has 1 N–H and O–H groups in total. The Hall–Kier alpha value is -2.47. The maximum Gasteiger partial charge on any atom is 0.283 e. The maximum absolute atomic E-state index is 11.5. The molecule has 138 valence electrons. The first-order valence-corrected chi connectivity index (χ1v) is 9.38. The summed E-state index contributed by atoms with van der Waals surface area (Å²) in [5.41, 5.74) is 1.18. The van der Waals surface area contributed by atoms with E-state index in [2.05, 4.69) is 21.8 Å². The summed E-state index contributed by atoms with van der Waals surface area (Å²) in [7, 11) is 2.00. The Labute approximate surface area is 159 Å². The molecule has 1 amide bonds. The lowest BCUT2D eigenvalue weighted by molar-refractivity contribution is 0.263. The van der Waals surface area contributed by atoms with Gasteiger partial charge in [-0.3, -0.25) is 4.79 Å². The van der Waals surface area contributed by atoms with Crippen molar-refractivity contribution in [3.8, 4) is 5.75 Å². The van der Waals surface area contributed by atoms with Crippen LogP contribution >= 0.6 is 11.8 Å². The molecule has 1 heterocycles. The van der Waals surface area contributed by atoms with E-state index in [0.717, 1.165) is 24.5 Å². The zero-order chi connectivity index (χ0) is 18.8. The van der Waals surface area contributed by atoms with E-state index in [1.165, 1.54) is 23.5 Å². The second-order valence-electron chi connectivity index (χ2n) is 5.87. The number of benzene rings is 1. The van der Waals surface area contributed by atoms with Crippen LogP contribution in [0.3, 0.4) is 0 Å². The van der Waals surface area contributed by atoms with Crippen molar-refractivity contribution in [2.45, 2.75) is 18.6 Å². The first kappa shape index (κ1) is 19.8. The molecule has 2 rings (SSSR count). The summed E-state index contributed by atoms with van der Waals surface area (Å²) in [5, 5.41) is 2.68. The molecule has 1 aromatic heterocycles. The molecule has 0 fully saturated rings. The molecule has 1 aromatic carbocycles. The summed E-state index contributed by atoms with van der Waals surface area (Å²) in [6.07, 6.45) is 4.00. The van der Waals surface area contributed by atoms with Crippen LogP contribution in [0.4, 0.5) is 10.6 Å². The number of anilines is 1. The van der Waals surface area contributed by atoms with E-state index >= 15 is 0 Å². The monoisotopic (exact) mass is 371 g/mol. The van der Waals surface area contributed by atoms with E-state index in [1.54, 1.807) is 6.20 Å². The zero-order valence-corrected chi connectivity index (χ0v) is 16.0. The molecule has 0 spiro atoms. The van der Waals surface area contributed by atoms with Gasteiger partial charge in [0.05, 0.1) is 6.54 Å². The van der Waals surface area contributed by atoms with Crippen LogP contribution in [0.15, 0.2) is 61.4 Å². The van der Waals surface area contributed by atoms with Gasteiger partial charge in [-0.15, -0.1) is 0 Å². The smallest absolute Gasteiger partial charge is 0.283 e. The number of hydrogen-bond acceptors (Lipinski definition) is 5. The van der Waals surface area contributed by atoms with Crippen molar-refractivity contribution in [3.05, 3.63) is 67.0 Å². The topological polar surface area (TPSA) is 54.5 Å². The Kier molecular flexibility index (Phi) is 8.02. The van der Waals surface area contributed by atoms with Gasteiger partial charge in [0.1, 0.15) is 18.2 Å². The third-order valence-electron chi connectivity index (χ3n) is 3.71. The van der Waals surface area contributed by atoms with Crippen LogP contribution in [-0.2, 0) is 6.42 Å². The summed E-state index contributed by atoms with van der Waals surface area (Å²) < 4.78 is 5.80. The van der Waals surface area contributed by atoms with Gasteiger partial charge < -0.3 is 15.0 Å². The Morgan fingerprint density at radius 1 is 1.35 bits per heavy atom. The Morgan fingerprint density at radius 3 is 2.77 bits per heavy atom. The van der Waals surface area contributed by atoms with E-state index in [9.17, 15) is 4.79 Å². The Balaban J connectivity index is 1.75. The minimum atomic E-state index is -0.0792. The molecular weight excluding hydrogens is 346 g/mol. The minimum absolute atomic E-state index is 0.0792. The van der Waals surface area contributed by atoms with E-state index in [-0.39, 0.29) is 10.5 Å². The van der Waals surface area contributed by atoms with E-state index < -0.39 is 0 Å². The largest absolute Gasteiger partial charge is 0.492 e. The fourth-order valence-electron chi connectivity index (χ4n) is 2.39. The molecule has 26 heavy (non-hydrogen) atoms. The lowest BCUT2D eigenvalue weighted by Gasteiger charge is -2.18. The van der Waals surface area contributed by atoms with Crippen molar-refractivity contribution in [1.82, 2.24) is 10.3 Å². The van der Waals surface area contributed by atoms with Gasteiger partial charge in [0.2, 0.25) is 0 Å². The number of pyridine rings is 1. The number of carbonyl (C=O) groups is 1. The summed E-state index contributed by atoms with van der Waals surface area (Å²) in [6.45, 7) is 6.86. The average molecular weight is 372 g/mol. The van der Waals surface area contributed by atoms with Gasteiger partial charge in [0.25, 0.3) is 5.24 Å². The highest BCUT2D eigenvalue weighted by atomic mass is 32.2. The summed E-state index contributed by atoms with van der Waals surface area (Å²) >= 11 is 1.27. The van der Waals surface area contributed by atoms with Gasteiger partial charge >= 0.3 is 0 Å². The molecule has 6 heteroatoms. The minimum Gasteiger partial charge on any atom is -0.492 e. The quantitative estimate of drug-likeness (QED) is 0.719. The number of carbonyl (C=O) groups excluding carboxylic acids is 1. The maximum atomic E-state index is 11.5. The standard InChI is InChI=1S/C20H25N3O2S/c1-4-21-20(24)26-16(2)15-17-8-10-18(11-9-17)25-14-13-23(3)19-7-5-6-12-22-19/h4-12,16H,1,13-15H2,2-3H3,(H,21,24). The molecule has 0 bridgehead atoms. The fourth-order valence-corrected chi connectivity index (χ4v) is 3.18. The van der Waals surface area contributed by atoms with Crippen LogP contribution in [0.5, 0.6) is 5.75 Å². The first-order chi connectivity index (χ1) is 12.6. The predicted octanol–water partition coefficient (Wildman–Crippen LogP) is 4.11. The Bertz CT molecular complexity index is 692. The van der Waals surface area contributed by atoms with E-state index in [0.29, 0.717) is 6.61 Å². The van der Waals surface area contributed by atoms with Gasteiger partial charge in [-0.1, -0.05) is 43.5 Å². The SMILES string of the molecule is C=CNC(=O)SC(C)Cc1ccc(OCCN(C)c2ccccn2)cc1. The number of nitrogens with zero attached hydrogens (tertiary/aromatic N) is 2. The van der Waals surface area contributed by atoms with Crippen LogP contribution in [0.2, 0.25) is 0 Å². The van der Waals surface area contributed by atoms with E-state index in [4.69, 9.17) is 4.74 Å². The lowest BCUT2D eigenvalue weighted by Crippen LogP contribution is -2.24. The van der Waals surface area contributed by atoms with Crippen LogP contribution in [-0.4, -0.2) is 35.7 Å². The van der Waals surface area contributed by atoms with Gasteiger partial charge in [-0.25, -0.2) is 4.98 Å². The highest BCUT2D eigenvalue weighted by molar-refractivity contribution is 8.14. The first-order valence-electron chi connectivity index (χ1n) is 8.50. The molecule has 1 atom stereocenters. The molecule has 2 aromatic rings. The summed E-state index contributed by atoms with van der Waals surface area (Å²) in [6, 6.07) is 13.9. The fraction of sp³-hybridized carbons (Fsp3) is 0.300. The second-order valence-corrected chi connectivity index (χ2v) is 7.28. The highest BCUT2D eigenvalue weighted by Crippen LogP contribution is 2.19. The molecule has 0 aliphatic rings. The van der Waals surface area contributed by atoms with Gasteiger partial charge in [-0.05, 0) is 42.4 Å². The van der Waals surface area contributed by atoms with Crippen molar-refractivity contribution in [2.24, 2.45) is 0 Å². The number of thioether (sulfide) groups is 1. The molecule has 0 aliphatic heterocycles. The third kappa shape index (κ3) is 6.80. The number of nitrogens with one attached hydrogen (secondary N) is 1. The van der Waals surface area contributed by atoms with Crippen molar-refractivity contribution in [2.75, 3.05) is 25.1 Å². The van der Waals surface area contributed by atoms with Crippen LogP contribution in [0.25, 0.3) is 0 Å². The lowest BCUT2D eigenvalue weighted by atomic mass is 10.1. The van der Waals surface area contributed by atoms with E-state index in [1.807, 2.05) is 56.4 Å². The van der Waals surface area contributed by atoms with Gasteiger partial charge in [0, 0.05) is 18.5 Å². The van der Waals surface area contributed by atoms with Crippen molar-refractivity contribution in [1.29, 1.82) is 0 Å². The van der Waals surface area contributed by atoms with Crippen LogP contribution in [0.1, 0.15) is 12.5 Å². The van der Waals surface area contributed by atoms with Gasteiger partial charge in [0.15, 0.2) is 0 Å². The molecule has 0 aliphatic carbocycles. The zero-order valence-electron chi connectivity index (χ0n) is 15.2. The number of hydrogen-bond donors (Lipinski definition) is 1. The number of likely N-dealkylation sites (N-methyl/N-ethyl adjacent to an activating group) is 1. The van der Waals surface area contributed by atoms with Crippen molar-refractivity contribution in [3.63, 3.8) is 0 Å². The molecule has 1 unspecified atom stereocenters. The van der Waals surface area contributed by atoms with Crippen LogP contribution in [0, 0.1) is 0 Å². The molecule has 0 radical (unpaired) electrons. The number of ether oxygens (including phenoxy) is 1. The van der Waals surface area contributed by atoms with Gasteiger partial charge in [-0.2, -0.15) is 0 Å². The van der Waals surface area contributed by atoms with Crippen LogP contribution < -0.4 is 15.0 Å². The normalized spacial score (nSPS) is 11.5. The van der Waals surface area contributed by atoms with Crippen molar-refractivity contribution >= 4 is 22.8 Å². The number of amides is 1. The predicted molar refractivity (Wildman–Crippen MR) is 109 cm³/mol. The summed E-state index contributed by atoms with van der Waals surface area (Å²) in [4.78, 5) is 17.9. The summed E-state index contributed by atoms with van der Waals surface area (Å²) in [5.74, 6) is 1.77. The Morgan fingerprint density at radius 2 is 2.12 bits per heavy atom. The number of rotatable bonds is 9. The molecule has 0 saturated carbocycles. The second kappa shape index (κ2) is 10.5. The molecule has 5 nitrogen and oxygen atoms in total. The third-order valence-corrected chi connectivity index (χ3v) is 4.61.